The van der Waals surface area contributed by atoms with E-state index in [1.807, 2.05) is 49.4 Å². The second kappa shape index (κ2) is 9.10. The zero-order valence-electron chi connectivity index (χ0n) is 15.2. The molecule has 1 fully saturated rings. The average Bonchev–Trinajstić information content (AvgIpc) is 3.19. The van der Waals surface area contributed by atoms with E-state index < -0.39 is 5.54 Å². The summed E-state index contributed by atoms with van der Waals surface area (Å²) in [6.45, 7) is 2.43. The number of amides is 1. The third-order valence-corrected chi connectivity index (χ3v) is 4.64. The van der Waals surface area contributed by atoms with Gasteiger partial charge in [-0.3, -0.25) is 19.5 Å². The molecule has 1 N–H and O–H groups in total. The van der Waals surface area contributed by atoms with E-state index in [-0.39, 0.29) is 12.4 Å². The van der Waals surface area contributed by atoms with Gasteiger partial charge in [0.25, 0.3) is 6.47 Å². The lowest BCUT2D eigenvalue weighted by atomic mass is 9.85. The summed E-state index contributed by atoms with van der Waals surface area (Å²) >= 11 is 0. The molecule has 2 aromatic rings. The molecule has 2 aromatic heterocycles. The van der Waals surface area contributed by atoms with Crippen LogP contribution in [0.1, 0.15) is 18.4 Å². The number of carboxylic acid groups (broad SMARTS) is 1. The summed E-state index contributed by atoms with van der Waals surface area (Å²) in [7, 11) is 3.65. The third kappa shape index (κ3) is 4.45. The lowest BCUT2D eigenvalue weighted by Crippen LogP contribution is -2.54. The highest BCUT2D eigenvalue weighted by Crippen LogP contribution is 2.32. The van der Waals surface area contributed by atoms with Crippen LogP contribution in [0.25, 0.3) is 0 Å². The topological polar surface area (TPSA) is 91.6 Å². The van der Waals surface area contributed by atoms with E-state index in [1.54, 1.807) is 17.4 Å². The molecule has 0 unspecified atom stereocenters. The number of hydrogen-bond donors (Lipinski definition) is 1. The van der Waals surface area contributed by atoms with E-state index in [2.05, 4.69) is 14.9 Å². The van der Waals surface area contributed by atoms with Crippen LogP contribution in [-0.2, 0) is 21.7 Å². The van der Waals surface area contributed by atoms with E-state index in [0.29, 0.717) is 0 Å². The molecule has 0 radical (unpaired) electrons. The van der Waals surface area contributed by atoms with Gasteiger partial charge in [0.15, 0.2) is 0 Å². The Morgan fingerprint density at radius 2 is 1.85 bits per heavy atom. The Hall–Kier alpha value is -2.74. The Kier molecular flexibility index (Phi) is 6.85. The van der Waals surface area contributed by atoms with Crippen molar-refractivity contribution in [2.24, 2.45) is 0 Å². The van der Waals surface area contributed by atoms with Gasteiger partial charge in [0.05, 0.1) is 6.33 Å². The maximum absolute atomic E-state index is 12.8. The van der Waals surface area contributed by atoms with E-state index in [1.165, 1.54) is 5.56 Å². The number of pyridine rings is 1. The smallest absolute Gasteiger partial charge is 0.290 e. The molecule has 0 atom stereocenters. The molecule has 8 nitrogen and oxygen atoms in total. The number of carbonyl (C=O) groups excluding carboxylic acids is 1. The molecule has 1 amide bonds. The standard InChI is InChI=1S/C17H23N5O.CH2O2/c1-20(2)16(23)17(22-12-9-19-14-22)5-10-21(11-6-17)13-15-3-7-18-8-4-15;2-1-3/h3-4,7-9,12,14H,5-6,10-11,13H2,1-2H3;1H,(H,2,3). The number of carbonyl (C=O) groups is 2. The van der Waals surface area contributed by atoms with Crippen LogP contribution in [0.3, 0.4) is 0 Å². The molecule has 3 rings (SSSR count). The van der Waals surface area contributed by atoms with Gasteiger partial charge in [-0.05, 0) is 30.5 Å². The number of aromatic nitrogens is 3. The fourth-order valence-electron chi connectivity index (χ4n) is 3.34. The van der Waals surface area contributed by atoms with Crippen molar-refractivity contribution in [1.82, 2.24) is 24.3 Å². The summed E-state index contributed by atoms with van der Waals surface area (Å²) in [5, 5.41) is 6.89. The first-order valence-corrected chi connectivity index (χ1v) is 8.43. The van der Waals surface area contributed by atoms with Crippen molar-refractivity contribution < 1.29 is 14.7 Å². The summed E-state index contributed by atoms with van der Waals surface area (Å²) in [5.41, 5.74) is 0.753. The fraction of sp³-hybridized carbons (Fsp3) is 0.444. The number of hydrogen-bond acceptors (Lipinski definition) is 5. The van der Waals surface area contributed by atoms with Crippen LogP contribution in [0, 0.1) is 0 Å². The summed E-state index contributed by atoms with van der Waals surface area (Å²) < 4.78 is 1.99. The average molecular weight is 359 g/mol. The van der Waals surface area contributed by atoms with Gasteiger partial charge in [0, 0.05) is 58.5 Å². The minimum absolute atomic E-state index is 0.152. The van der Waals surface area contributed by atoms with E-state index in [4.69, 9.17) is 9.90 Å². The fourth-order valence-corrected chi connectivity index (χ4v) is 3.34. The largest absolute Gasteiger partial charge is 0.483 e. The van der Waals surface area contributed by atoms with Gasteiger partial charge in [-0.2, -0.15) is 0 Å². The minimum atomic E-state index is -0.505. The monoisotopic (exact) mass is 359 g/mol. The quantitative estimate of drug-likeness (QED) is 0.821. The van der Waals surface area contributed by atoms with Crippen LogP contribution in [0.5, 0.6) is 0 Å². The molecule has 0 bridgehead atoms. The summed E-state index contributed by atoms with van der Waals surface area (Å²) in [6, 6.07) is 4.09. The SMILES string of the molecule is CN(C)C(=O)C1(n2ccnc2)CCN(Cc2ccncc2)CC1.O=CO. The van der Waals surface area contributed by atoms with Crippen molar-refractivity contribution >= 4 is 12.4 Å². The van der Waals surface area contributed by atoms with Gasteiger partial charge in [-0.25, -0.2) is 4.98 Å². The maximum Gasteiger partial charge on any atom is 0.290 e. The first-order valence-electron chi connectivity index (χ1n) is 8.43. The second-order valence-corrected chi connectivity index (χ2v) is 6.44. The van der Waals surface area contributed by atoms with Crippen molar-refractivity contribution in [3.05, 3.63) is 48.8 Å². The first kappa shape index (κ1) is 19.6. The third-order valence-electron chi connectivity index (χ3n) is 4.64. The zero-order chi connectivity index (χ0) is 19.0. The van der Waals surface area contributed by atoms with Crippen LogP contribution in [0.4, 0.5) is 0 Å². The number of imidazole rings is 1. The first-order chi connectivity index (χ1) is 12.5. The zero-order valence-corrected chi connectivity index (χ0v) is 15.2. The minimum Gasteiger partial charge on any atom is -0.483 e. The Balaban J connectivity index is 0.000000758. The summed E-state index contributed by atoms with van der Waals surface area (Å²) in [5.74, 6) is 0.152. The van der Waals surface area contributed by atoms with Crippen molar-refractivity contribution in [2.75, 3.05) is 27.2 Å². The molecule has 3 heterocycles. The highest BCUT2D eigenvalue weighted by Gasteiger charge is 2.43. The maximum atomic E-state index is 12.8. The molecule has 26 heavy (non-hydrogen) atoms. The number of likely N-dealkylation sites (N-methyl/N-ethyl adjacent to an activating group) is 1. The summed E-state index contributed by atoms with van der Waals surface area (Å²) in [6.07, 6.45) is 10.7. The Morgan fingerprint density at radius 1 is 1.23 bits per heavy atom. The molecule has 8 heteroatoms. The second-order valence-electron chi connectivity index (χ2n) is 6.44. The van der Waals surface area contributed by atoms with E-state index in [9.17, 15) is 4.79 Å². The molecular formula is C18H25N5O3. The molecule has 0 aromatic carbocycles. The van der Waals surface area contributed by atoms with Gasteiger partial charge in [0.1, 0.15) is 5.54 Å². The number of rotatable bonds is 4. The van der Waals surface area contributed by atoms with Gasteiger partial charge in [-0.1, -0.05) is 0 Å². The van der Waals surface area contributed by atoms with E-state index in [0.717, 1.165) is 32.5 Å². The summed E-state index contributed by atoms with van der Waals surface area (Å²) in [4.78, 5) is 33.5. The number of piperidine rings is 1. The highest BCUT2D eigenvalue weighted by molar-refractivity contribution is 5.84. The normalized spacial score (nSPS) is 16.2. The van der Waals surface area contributed by atoms with Gasteiger partial charge >= 0.3 is 0 Å². The Morgan fingerprint density at radius 3 is 2.35 bits per heavy atom. The van der Waals surface area contributed by atoms with Gasteiger partial charge in [0.2, 0.25) is 5.91 Å². The molecule has 1 aliphatic rings. The van der Waals surface area contributed by atoms with Crippen molar-refractivity contribution in [1.29, 1.82) is 0 Å². The van der Waals surface area contributed by atoms with Crippen molar-refractivity contribution in [3.63, 3.8) is 0 Å². The van der Waals surface area contributed by atoms with Crippen molar-refractivity contribution in [2.45, 2.75) is 24.9 Å². The molecule has 1 aliphatic heterocycles. The lowest BCUT2D eigenvalue weighted by molar-refractivity contribution is -0.141. The predicted molar refractivity (Wildman–Crippen MR) is 96.3 cm³/mol. The van der Waals surface area contributed by atoms with Crippen LogP contribution in [0.15, 0.2) is 43.2 Å². The molecule has 1 saturated heterocycles. The molecule has 0 aliphatic carbocycles. The van der Waals surface area contributed by atoms with E-state index >= 15 is 0 Å². The molecular weight excluding hydrogens is 334 g/mol. The van der Waals surface area contributed by atoms with Crippen LogP contribution in [-0.4, -0.2) is 69.0 Å². The number of likely N-dealkylation sites (tertiary alicyclic amines) is 1. The molecule has 0 saturated carbocycles. The Bertz CT molecular complexity index is 680. The molecule has 0 spiro atoms. The van der Waals surface area contributed by atoms with Gasteiger partial charge < -0.3 is 14.6 Å². The van der Waals surface area contributed by atoms with Gasteiger partial charge in [-0.15, -0.1) is 0 Å². The molecule has 140 valence electrons. The lowest BCUT2D eigenvalue weighted by Gasteiger charge is -2.42. The van der Waals surface area contributed by atoms with Crippen LogP contribution < -0.4 is 0 Å². The number of nitrogens with zero attached hydrogens (tertiary/aromatic N) is 5. The van der Waals surface area contributed by atoms with Crippen LogP contribution >= 0.6 is 0 Å². The Labute approximate surface area is 153 Å². The predicted octanol–water partition coefficient (Wildman–Crippen LogP) is 1.06. The van der Waals surface area contributed by atoms with Crippen molar-refractivity contribution in [3.8, 4) is 0 Å². The van der Waals surface area contributed by atoms with Crippen LogP contribution in [0.2, 0.25) is 0 Å². The highest BCUT2D eigenvalue weighted by atomic mass is 16.3.